The van der Waals surface area contributed by atoms with Crippen molar-refractivity contribution in [2.24, 2.45) is 0 Å². The molecule has 1 aliphatic rings. The van der Waals surface area contributed by atoms with Gasteiger partial charge in [0.1, 0.15) is 11.8 Å². The number of para-hydroxylation sites is 1. The number of carbonyl (C=O) groups excluding carboxylic acids is 2. The molecule has 7 heteroatoms. The van der Waals surface area contributed by atoms with Crippen LogP contribution in [0.4, 0.5) is 0 Å². The second-order valence-electron chi connectivity index (χ2n) is 7.56. The van der Waals surface area contributed by atoms with Crippen LogP contribution in [0.3, 0.4) is 0 Å². The van der Waals surface area contributed by atoms with Gasteiger partial charge in [-0.25, -0.2) is 0 Å². The van der Waals surface area contributed by atoms with Gasteiger partial charge < -0.3 is 25.0 Å². The van der Waals surface area contributed by atoms with Crippen LogP contribution in [0.5, 0.6) is 5.75 Å². The molecule has 150 valence electrons. The number of aromatic hydroxyl groups is 1. The van der Waals surface area contributed by atoms with Gasteiger partial charge in [-0.2, -0.15) is 0 Å². The standard InChI is InChI=1S/C22H23N3O4/c1-24-19(11-15-13-23-18-9-4-3-8-17(15)18)20(27)25(2)22(29,21(24)28)12-14-6-5-7-16(26)10-14/h3-10,13,19,23,26,29H,11-12H2,1-2H3. The van der Waals surface area contributed by atoms with E-state index in [1.54, 1.807) is 19.2 Å². The number of likely N-dealkylation sites (N-methyl/N-ethyl adjacent to an activating group) is 2. The maximum atomic E-state index is 13.1. The van der Waals surface area contributed by atoms with Crippen LogP contribution >= 0.6 is 0 Å². The first-order valence-electron chi connectivity index (χ1n) is 9.41. The van der Waals surface area contributed by atoms with Gasteiger partial charge in [0.15, 0.2) is 0 Å². The molecule has 2 amide bonds. The number of H-pyrrole nitrogens is 1. The smallest absolute Gasteiger partial charge is 0.276 e. The lowest BCUT2D eigenvalue weighted by Crippen LogP contribution is -2.70. The Balaban J connectivity index is 1.62. The van der Waals surface area contributed by atoms with Gasteiger partial charge in [-0.15, -0.1) is 0 Å². The third kappa shape index (κ3) is 3.13. The molecular weight excluding hydrogens is 370 g/mol. The van der Waals surface area contributed by atoms with E-state index in [0.29, 0.717) is 12.0 Å². The number of fused-ring (bicyclic) bond motifs is 1. The number of phenolic OH excluding ortho intramolecular Hbond substituents is 1. The number of hydrogen-bond acceptors (Lipinski definition) is 4. The molecule has 1 fully saturated rings. The summed E-state index contributed by atoms with van der Waals surface area (Å²) < 4.78 is 0. The minimum atomic E-state index is -2.00. The van der Waals surface area contributed by atoms with Crippen LogP contribution < -0.4 is 0 Å². The molecule has 0 aliphatic carbocycles. The van der Waals surface area contributed by atoms with Crippen molar-refractivity contribution < 1.29 is 19.8 Å². The highest BCUT2D eigenvalue weighted by Gasteiger charge is 2.52. The van der Waals surface area contributed by atoms with Gasteiger partial charge in [0.25, 0.3) is 5.91 Å². The Labute approximate surface area is 168 Å². The fourth-order valence-corrected chi connectivity index (χ4v) is 4.02. The zero-order valence-electron chi connectivity index (χ0n) is 16.3. The first-order chi connectivity index (χ1) is 13.8. The number of aromatic nitrogens is 1. The molecule has 1 saturated heterocycles. The summed E-state index contributed by atoms with van der Waals surface area (Å²) in [6.45, 7) is 0. The molecule has 0 radical (unpaired) electrons. The van der Waals surface area contributed by atoms with Crippen molar-refractivity contribution in [3.05, 3.63) is 65.9 Å². The molecule has 3 N–H and O–H groups in total. The van der Waals surface area contributed by atoms with E-state index >= 15 is 0 Å². The maximum absolute atomic E-state index is 13.1. The second kappa shape index (κ2) is 6.93. The van der Waals surface area contributed by atoms with E-state index in [1.807, 2.05) is 30.5 Å². The number of amides is 2. The Morgan fingerprint density at radius 1 is 1.10 bits per heavy atom. The molecular formula is C22H23N3O4. The zero-order chi connectivity index (χ0) is 20.8. The molecule has 2 aromatic carbocycles. The molecule has 2 atom stereocenters. The highest BCUT2D eigenvalue weighted by atomic mass is 16.3. The number of carbonyl (C=O) groups is 2. The Morgan fingerprint density at radius 2 is 1.86 bits per heavy atom. The first-order valence-corrected chi connectivity index (χ1v) is 9.41. The average Bonchev–Trinajstić information content (AvgIpc) is 3.12. The van der Waals surface area contributed by atoms with E-state index in [4.69, 9.17) is 0 Å². The van der Waals surface area contributed by atoms with E-state index in [9.17, 15) is 19.8 Å². The summed E-state index contributed by atoms with van der Waals surface area (Å²) in [6, 6.07) is 13.4. The predicted octanol–water partition coefficient (Wildman–Crippen LogP) is 1.65. The summed E-state index contributed by atoms with van der Waals surface area (Å²) in [5.41, 5.74) is 0.457. The van der Waals surface area contributed by atoms with E-state index in [1.165, 1.54) is 24.1 Å². The Morgan fingerprint density at radius 3 is 2.62 bits per heavy atom. The Kier molecular flexibility index (Phi) is 4.55. The molecule has 1 aromatic heterocycles. The van der Waals surface area contributed by atoms with Crippen LogP contribution in [0, 0.1) is 0 Å². The number of aromatic amines is 1. The Hall–Kier alpha value is -3.32. The molecule has 29 heavy (non-hydrogen) atoms. The topological polar surface area (TPSA) is 96.9 Å². The highest BCUT2D eigenvalue weighted by Crippen LogP contribution is 2.30. The number of nitrogens with one attached hydrogen (secondary N) is 1. The number of nitrogens with zero attached hydrogens (tertiary/aromatic N) is 2. The van der Waals surface area contributed by atoms with Crippen LogP contribution in [0.1, 0.15) is 11.1 Å². The number of phenols is 1. The number of aliphatic hydroxyl groups is 1. The van der Waals surface area contributed by atoms with Crippen molar-refractivity contribution in [2.45, 2.75) is 24.6 Å². The molecule has 2 unspecified atom stereocenters. The lowest BCUT2D eigenvalue weighted by Gasteiger charge is -2.47. The van der Waals surface area contributed by atoms with E-state index < -0.39 is 17.7 Å². The minimum absolute atomic E-state index is 0.0360. The SMILES string of the molecule is CN1C(=O)C(O)(Cc2cccc(O)c2)N(C)C(=O)C1Cc1c[nH]c2ccccc12. The van der Waals surface area contributed by atoms with E-state index in [-0.39, 0.29) is 18.1 Å². The summed E-state index contributed by atoms with van der Waals surface area (Å²) in [7, 11) is 2.98. The predicted molar refractivity (Wildman–Crippen MR) is 108 cm³/mol. The molecule has 0 bridgehead atoms. The van der Waals surface area contributed by atoms with E-state index in [2.05, 4.69) is 4.98 Å². The van der Waals surface area contributed by atoms with Crippen LogP contribution in [0.15, 0.2) is 54.7 Å². The van der Waals surface area contributed by atoms with Crippen LogP contribution in [0.2, 0.25) is 0 Å². The monoisotopic (exact) mass is 393 g/mol. The molecule has 7 nitrogen and oxygen atoms in total. The van der Waals surface area contributed by atoms with Crippen LogP contribution in [0.25, 0.3) is 10.9 Å². The lowest BCUT2D eigenvalue weighted by molar-refractivity contribution is -0.194. The van der Waals surface area contributed by atoms with Crippen molar-refractivity contribution in [1.82, 2.24) is 14.8 Å². The number of piperazine rings is 1. The summed E-state index contributed by atoms with van der Waals surface area (Å²) >= 11 is 0. The summed E-state index contributed by atoms with van der Waals surface area (Å²) in [5.74, 6) is -0.846. The Bertz CT molecular complexity index is 1090. The minimum Gasteiger partial charge on any atom is -0.508 e. The van der Waals surface area contributed by atoms with Gasteiger partial charge in [-0.05, 0) is 29.3 Å². The molecule has 1 aliphatic heterocycles. The number of rotatable bonds is 4. The van der Waals surface area contributed by atoms with Crippen molar-refractivity contribution in [2.75, 3.05) is 14.1 Å². The van der Waals surface area contributed by atoms with E-state index in [0.717, 1.165) is 21.4 Å². The van der Waals surface area contributed by atoms with Crippen molar-refractivity contribution in [3.8, 4) is 5.75 Å². The van der Waals surface area contributed by atoms with Gasteiger partial charge in [-0.3, -0.25) is 9.59 Å². The molecule has 3 aromatic rings. The zero-order valence-corrected chi connectivity index (χ0v) is 16.3. The quantitative estimate of drug-likeness (QED) is 0.628. The van der Waals surface area contributed by atoms with Gasteiger partial charge in [0, 0.05) is 44.0 Å². The first kappa shape index (κ1) is 19.0. The summed E-state index contributed by atoms with van der Waals surface area (Å²) in [4.78, 5) is 31.9. The van der Waals surface area contributed by atoms with Gasteiger partial charge in [0.2, 0.25) is 11.6 Å². The van der Waals surface area contributed by atoms with Crippen molar-refractivity contribution >= 4 is 22.7 Å². The van der Waals surface area contributed by atoms with Crippen molar-refractivity contribution in [3.63, 3.8) is 0 Å². The van der Waals surface area contributed by atoms with Crippen LogP contribution in [-0.2, 0) is 22.4 Å². The van der Waals surface area contributed by atoms with Gasteiger partial charge in [0.05, 0.1) is 0 Å². The second-order valence-corrected chi connectivity index (χ2v) is 7.56. The van der Waals surface area contributed by atoms with Gasteiger partial charge in [-0.1, -0.05) is 30.3 Å². The van der Waals surface area contributed by atoms with Gasteiger partial charge >= 0.3 is 0 Å². The fourth-order valence-electron chi connectivity index (χ4n) is 4.02. The molecule has 0 saturated carbocycles. The fraction of sp³-hybridized carbons (Fsp3) is 0.273. The lowest BCUT2D eigenvalue weighted by atomic mass is 9.92. The average molecular weight is 393 g/mol. The molecule has 4 rings (SSSR count). The third-order valence-electron chi connectivity index (χ3n) is 5.75. The third-order valence-corrected chi connectivity index (χ3v) is 5.75. The molecule has 2 heterocycles. The number of hydrogen-bond donors (Lipinski definition) is 3. The summed E-state index contributed by atoms with van der Waals surface area (Å²) in [6.07, 6.45) is 2.09. The normalized spacial score (nSPS) is 22.5. The summed E-state index contributed by atoms with van der Waals surface area (Å²) in [5, 5.41) is 21.8. The highest BCUT2D eigenvalue weighted by molar-refractivity contribution is 5.99. The maximum Gasteiger partial charge on any atom is 0.276 e. The largest absolute Gasteiger partial charge is 0.508 e. The van der Waals surface area contributed by atoms with Crippen LogP contribution in [-0.4, -0.2) is 62.7 Å². The molecule has 0 spiro atoms. The van der Waals surface area contributed by atoms with Crippen molar-refractivity contribution in [1.29, 1.82) is 0 Å². The number of benzene rings is 2.